The number of halogens is 1. The fourth-order valence-electron chi connectivity index (χ4n) is 2.28. The SMILES string of the molecule is Cc1ccc(Cl)cc1C1CCCCCN1. The molecule has 1 N–H and O–H groups in total. The molecule has 0 aliphatic carbocycles. The summed E-state index contributed by atoms with van der Waals surface area (Å²) < 4.78 is 0. The van der Waals surface area contributed by atoms with Crippen molar-refractivity contribution in [2.24, 2.45) is 0 Å². The quantitative estimate of drug-likeness (QED) is 0.763. The summed E-state index contributed by atoms with van der Waals surface area (Å²) in [6.45, 7) is 3.30. The molecular formula is C13H18ClN. The Morgan fingerprint density at radius 3 is 3.00 bits per heavy atom. The predicted molar refractivity (Wildman–Crippen MR) is 65.4 cm³/mol. The second-order valence-corrected chi connectivity index (χ2v) is 4.79. The first-order valence-electron chi connectivity index (χ1n) is 5.77. The molecule has 1 atom stereocenters. The summed E-state index contributed by atoms with van der Waals surface area (Å²) in [5, 5.41) is 4.46. The molecule has 1 nitrogen and oxygen atoms in total. The van der Waals surface area contributed by atoms with Crippen molar-refractivity contribution in [3.05, 3.63) is 34.3 Å². The molecule has 1 fully saturated rings. The number of nitrogens with one attached hydrogen (secondary N) is 1. The van der Waals surface area contributed by atoms with Gasteiger partial charge in [-0.2, -0.15) is 0 Å². The smallest absolute Gasteiger partial charge is 0.0409 e. The molecule has 0 radical (unpaired) electrons. The van der Waals surface area contributed by atoms with Crippen molar-refractivity contribution in [2.45, 2.75) is 38.6 Å². The Balaban J connectivity index is 2.22. The normalized spacial score (nSPS) is 22.4. The van der Waals surface area contributed by atoms with E-state index in [1.165, 1.54) is 36.8 Å². The van der Waals surface area contributed by atoms with Gasteiger partial charge in [-0.15, -0.1) is 0 Å². The van der Waals surface area contributed by atoms with Crippen molar-refractivity contribution in [3.8, 4) is 0 Å². The van der Waals surface area contributed by atoms with E-state index in [1.54, 1.807) is 0 Å². The van der Waals surface area contributed by atoms with E-state index in [-0.39, 0.29) is 0 Å². The van der Waals surface area contributed by atoms with Crippen LogP contribution >= 0.6 is 11.6 Å². The van der Waals surface area contributed by atoms with Crippen molar-refractivity contribution in [1.82, 2.24) is 5.32 Å². The molecule has 0 amide bonds. The van der Waals surface area contributed by atoms with E-state index in [0.717, 1.165) is 11.6 Å². The highest BCUT2D eigenvalue weighted by atomic mass is 35.5. The summed E-state index contributed by atoms with van der Waals surface area (Å²) in [4.78, 5) is 0. The molecule has 1 aromatic carbocycles. The van der Waals surface area contributed by atoms with Gasteiger partial charge in [0.1, 0.15) is 0 Å². The molecule has 1 heterocycles. The van der Waals surface area contributed by atoms with Crippen LogP contribution in [0, 0.1) is 6.92 Å². The average molecular weight is 224 g/mol. The standard InChI is InChI=1S/C13H18ClN/c1-10-6-7-11(14)9-12(10)13-5-3-2-4-8-15-13/h6-7,9,13,15H,2-5,8H2,1H3. The zero-order valence-corrected chi connectivity index (χ0v) is 9.98. The number of hydrogen-bond acceptors (Lipinski definition) is 1. The Labute approximate surface area is 96.8 Å². The van der Waals surface area contributed by atoms with Crippen molar-refractivity contribution >= 4 is 11.6 Å². The van der Waals surface area contributed by atoms with Gasteiger partial charge in [0, 0.05) is 11.1 Å². The molecular weight excluding hydrogens is 206 g/mol. The third-order valence-electron chi connectivity index (χ3n) is 3.18. The van der Waals surface area contributed by atoms with Crippen LogP contribution in [-0.4, -0.2) is 6.54 Å². The van der Waals surface area contributed by atoms with Crippen LogP contribution < -0.4 is 5.32 Å². The van der Waals surface area contributed by atoms with Gasteiger partial charge >= 0.3 is 0 Å². The van der Waals surface area contributed by atoms with E-state index in [0.29, 0.717) is 6.04 Å². The monoisotopic (exact) mass is 223 g/mol. The maximum Gasteiger partial charge on any atom is 0.0409 e. The van der Waals surface area contributed by atoms with Crippen LogP contribution in [0.3, 0.4) is 0 Å². The lowest BCUT2D eigenvalue weighted by Gasteiger charge is -2.18. The number of rotatable bonds is 1. The summed E-state index contributed by atoms with van der Waals surface area (Å²) in [7, 11) is 0. The van der Waals surface area contributed by atoms with E-state index < -0.39 is 0 Å². The highest BCUT2D eigenvalue weighted by Crippen LogP contribution is 2.27. The predicted octanol–water partition coefficient (Wildman–Crippen LogP) is 3.85. The van der Waals surface area contributed by atoms with Crippen molar-refractivity contribution in [1.29, 1.82) is 0 Å². The molecule has 1 unspecified atom stereocenters. The van der Waals surface area contributed by atoms with Gasteiger partial charge in [-0.3, -0.25) is 0 Å². The van der Waals surface area contributed by atoms with Gasteiger partial charge in [0.15, 0.2) is 0 Å². The van der Waals surface area contributed by atoms with Crippen LogP contribution in [0.25, 0.3) is 0 Å². The Morgan fingerprint density at radius 2 is 2.13 bits per heavy atom. The first kappa shape index (κ1) is 11.0. The van der Waals surface area contributed by atoms with E-state index in [1.807, 2.05) is 6.07 Å². The maximum absolute atomic E-state index is 6.05. The number of benzene rings is 1. The summed E-state index contributed by atoms with van der Waals surface area (Å²) in [5.41, 5.74) is 2.73. The topological polar surface area (TPSA) is 12.0 Å². The van der Waals surface area contributed by atoms with Gasteiger partial charge in [-0.1, -0.05) is 30.5 Å². The van der Waals surface area contributed by atoms with Gasteiger partial charge in [-0.25, -0.2) is 0 Å². The highest BCUT2D eigenvalue weighted by molar-refractivity contribution is 6.30. The zero-order valence-electron chi connectivity index (χ0n) is 9.22. The van der Waals surface area contributed by atoms with Crippen LogP contribution in [0.2, 0.25) is 5.02 Å². The Morgan fingerprint density at radius 1 is 1.27 bits per heavy atom. The molecule has 2 rings (SSSR count). The Hall–Kier alpha value is -0.530. The van der Waals surface area contributed by atoms with Crippen LogP contribution in [0.5, 0.6) is 0 Å². The molecule has 1 aliphatic heterocycles. The summed E-state index contributed by atoms with van der Waals surface area (Å²) >= 11 is 6.05. The van der Waals surface area contributed by atoms with Gasteiger partial charge in [0.05, 0.1) is 0 Å². The molecule has 0 bridgehead atoms. The number of hydrogen-bond donors (Lipinski definition) is 1. The minimum absolute atomic E-state index is 0.506. The van der Waals surface area contributed by atoms with Crippen molar-refractivity contribution in [3.63, 3.8) is 0 Å². The molecule has 2 heteroatoms. The second kappa shape index (κ2) is 5.00. The second-order valence-electron chi connectivity index (χ2n) is 4.36. The molecule has 82 valence electrons. The van der Waals surface area contributed by atoms with Gasteiger partial charge < -0.3 is 5.32 Å². The molecule has 0 aromatic heterocycles. The lowest BCUT2D eigenvalue weighted by Crippen LogP contribution is -2.21. The minimum atomic E-state index is 0.506. The van der Waals surface area contributed by atoms with Crippen LogP contribution in [0.4, 0.5) is 0 Å². The summed E-state index contributed by atoms with van der Waals surface area (Å²) in [6.07, 6.45) is 5.21. The number of aryl methyl sites for hydroxylation is 1. The van der Waals surface area contributed by atoms with Gasteiger partial charge in [0.2, 0.25) is 0 Å². The Kier molecular flexibility index (Phi) is 3.66. The first-order valence-corrected chi connectivity index (χ1v) is 6.14. The largest absolute Gasteiger partial charge is 0.310 e. The van der Waals surface area contributed by atoms with Crippen molar-refractivity contribution in [2.75, 3.05) is 6.54 Å². The van der Waals surface area contributed by atoms with Gasteiger partial charge in [-0.05, 0) is 49.6 Å². The summed E-state index contributed by atoms with van der Waals surface area (Å²) in [5.74, 6) is 0. The van der Waals surface area contributed by atoms with E-state index in [2.05, 4.69) is 24.4 Å². The molecule has 1 aromatic rings. The van der Waals surface area contributed by atoms with Crippen LogP contribution in [0.1, 0.15) is 42.9 Å². The average Bonchev–Trinajstić information content (AvgIpc) is 2.50. The molecule has 0 spiro atoms. The zero-order chi connectivity index (χ0) is 10.7. The van der Waals surface area contributed by atoms with Crippen LogP contribution in [0.15, 0.2) is 18.2 Å². The van der Waals surface area contributed by atoms with E-state index in [9.17, 15) is 0 Å². The first-order chi connectivity index (χ1) is 7.27. The fraction of sp³-hybridized carbons (Fsp3) is 0.538. The molecule has 0 saturated carbocycles. The van der Waals surface area contributed by atoms with Crippen molar-refractivity contribution < 1.29 is 0 Å². The van der Waals surface area contributed by atoms with Crippen LogP contribution in [-0.2, 0) is 0 Å². The molecule has 15 heavy (non-hydrogen) atoms. The van der Waals surface area contributed by atoms with Gasteiger partial charge in [0.25, 0.3) is 0 Å². The van der Waals surface area contributed by atoms with E-state index in [4.69, 9.17) is 11.6 Å². The lowest BCUT2D eigenvalue weighted by molar-refractivity contribution is 0.532. The highest BCUT2D eigenvalue weighted by Gasteiger charge is 2.15. The minimum Gasteiger partial charge on any atom is -0.310 e. The molecule has 1 saturated heterocycles. The Bertz CT molecular complexity index is 327. The molecule has 1 aliphatic rings. The summed E-state index contributed by atoms with van der Waals surface area (Å²) in [6, 6.07) is 6.70. The lowest BCUT2D eigenvalue weighted by atomic mass is 9.98. The third-order valence-corrected chi connectivity index (χ3v) is 3.41. The fourth-order valence-corrected chi connectivity index (χ4v) is 2.46. The van der Waals surface area contributed by atoms with E-state index >= 15 is 0 Å². The third kappa shape index (κ3) is 2.73. The maximum atomic E-state index is 6.05.